The molecule has 0 aromatic heterocycles. The van der Waals surface area contributed by atoms with Crippen LogP contribution in [0.1, 0.15) is 22.8 Å². The molecule has 1 aliphatic rings. The molecule has 1 fully saturated rings. The average Bonchev–Trinajstić information content (AvgIpc) is 2.52. The van der Waals surface area contributed by atoms with E-state index in [0.717, 1.165) is 5.56 Å². The molecule has 0 radical (unpaired) electrons. The maximum absolute atomic E-state index is 12.5. The Morgan fingerprint density at radius 1 is 1.43 bits per heavy atom. The van der Waals surface area contributed by atoms with Gasteiger partial charge in [-0.05, 0) is 31.2 Å². The zero-order valence-electron chi connectivity index (χ0n) is 12.1. The number of nitrogens with zero attached hydrogens (tertiary/aromatic N) is 1. The van der Waals surface area contributed by atoms with Crippen LogP contribution in [-0.4, -0.2) is 54.4 Å². The van der Waals surface area contributed by atoms with Crippen molar-refractivity contribution in [1.82, 2.24) is 4.90 Å². The molecule has 5 heteroatoms. The van der Waals surface area contributed by atoms with E-state index in [1.807, 2.05) is 19.1 Å². The molecule has 1 amide bonds. The number of carbonyl (C=O) groups excluding carboxylic acids is 1. The van der Waals surface area contributed by atoms with E-state index in [1.165, 1.54) is 0 Å². The Hall–Kier alpha value is -1.87. The summed E-state index contributed by atoms with van der Waals surface area (Å²) in [5, 5.41) is 9.21. The summed E-state index contributed by atoms with van der Waals surface area (Å²) in [6.07, 6.45) is -0.387. The van der Waals surface area contributed by atoms with Crippen molar-refractivity contribution in [3.05, 3.63) is 35.4 Å². The van der Waals surface area contributed by atoms with Gasteiger partial charge in [0, 0.05) is 24.2 Å². The summed E-state index contributed by atoms with van der Waals surface area (Å²) in [6.45, 7) is 3.07. The number of ether oxygens (including phenoxy) is 1. The third-order valence-electron chi connectivity index (χ3n) is 3.28. The predicted molar refractivity (Wildman–Crippen MR) is 79.7 cm³/mol. The predicted octanol–water partition coefficient (Wildman–Crippen LogP) is 0.219. The summed E-state index contributed by atoms with van der Waals surface area (Å²) in [7, 11) is 0. The summed E-state index contributed by atoms with van der Waals surface area (Å²) >= 11 is 0. The Balaban J connectivity index is 2.08. The summed E-state index contributed by atoms with van der Waals surface area (Å²) in [5.41, 5.74) is 6.77. The molecule has 2 atom stereocenters. The lowest BCUT2D eigenvalue weighted by molar-refractivity contribution is -0.0858. The van der Waals surface area contributed by atoms with Gasteiger partial charge in [-0.2, -0.15) is 0 Å². The quantitative estimate of drug-likeness (QED) is 0.763. The molecule has 0 bridgehead atoms. The highest BCUT2D eigenvalue weighted by molar-refractivity contribution is 5.94. The van der Waals surface area contributed by atoms with Crippen LogP contribution in [0.4, 0.5) is 0 Å². The SMILES string of the molecule is CC1CN(C(=O)c2ccc(C#CCN)cc2)CC(CO)O1. The van der Waals surface area contributed by atoms with Crippen LogP contribution in [0.25, 0.3) is 0 Å². The second kappa shape index (κ2) is 7.23. The zero-order chi connectivity index (χ0) is 15.2. The third-order valence-corrected chi connectivity index (χ3v) is 3.28. The Kier molecular flexibility index (Phi) is 5.34. The molecule has 0 saturated carbocycles. The van der Waals surface area contributed by atoms with Crippen LogP contribution in [0, 0.1) is 11.8 Å². The standard InChI is InChI=1S/C16H20N2O3/c1-12-9-18(10-15(11-19)21-12)16(20)14-6-4-13(5-7-14)3-2-8-17/h4-7,12,15,19H,8-11,17H2,1H3. The van der Waals surface area contributed by atoms with Crippen LogP contribution in [0.5, 0.6) is 0 Å². The molecule has 0 spiro atoms. The van der Waals surface area contributed by atoms with E-state index >= 15 is 0 Å². The summed E-state index contributed by atoms with van der Waals surface area (Å²) in [4.78, 5) is 14.2. The molecule has 2 unspecified atom stereocenters. The van der Waals surface area contributed by atoms with Crippen molar-refractivity contribution in [3.8, 4) is 11.8 Å². The van der Waals surface area contributed by atoms with Crippen molar-refractivity contribution in [2.75, 3.05) is 26.2 Å². The fourth-order valence-electron chi connectivity index (χ4n) is 2.34. The second-order valence-electron chi connectivity index (χ2n) is 5.04. The van der Waals surface area contributed by atoms with E-state index in [9.17, 15) is 9.90 Å². The molecule has 112 valence electrons. The number of hydrogen-bond acceptors (Lipinski definition) is 4. The van der Waals surface area contributed by atoms with Crippen LogP contribution in [0.2, 0.25) is 0 Å². The molecule has 1 aromatic carbocycles. The van der Waals surface area contributed by atoms with Crippen LogP contribution < -0.4 is 5.73 Å². The van der Waals surface area contributed by atoms with Crippen LogP contribution >= 0.6 is 0 Å². The van der Waals surface area contributed by atoms with Crippen molar-refractivity contribution in [3.63, 3.8) is 0 Å². The monoisotopic (exact) mass is 288 g/mol. The number of aliphatic hydroxyl groups is 1. The smallest absolute Gasteiger partial charge is 0.254 e. The van der Waals surface area contributed by atoms with Gasteiger partial charge >= 0.3 is 0 Å². The van der Waals surface area contributed by atoms with Gasteiger partial charge < -0.3 is 20.5 Å². The molecule has 1 aromatic rings. The number of nitrogens with two attached hydrogens (primary N) is 1. The van der Waals surface area contributed by atoms with E-state index in [-0.39, 0.29) is 24.7 Å². The topological polar surface area (TPSA) is 75.8 Å². The Morgan fingerprint density at radius 3 is 2.76 bits per heavy atom. The van der Waals surface area contributed by atoms with E-state index in [4.69, 9.17) is 10.5 Å². The maximum Gasteiger partial charge on any atom is 0.254 e. The van der Waals surface area contributed by atoms with E-state index in [2.05, 4.69) is 11.8 Å². The van der Waals surface area contributed by atoms with Crippen LogP contribution in [0.3, 0.4) is 0 Å². The molecule has 1 heterocycles. The normalized spacial score (nSPS) is 21.6. The second-order valence-corrected chi connectivity index (χ2v) is 5.04. The lowest BCUT2D eigenvalue weighted by atomic mass is 10.1. The minimum atomic E-state index is -0.313. The largest absolute Gasteiger partial charge is 0.394 e. The van der Waals surface area contributed by atoms with E-state index < -0.39 is 0 Å². The van der Waals surface area contributed by atoms with Gasteiger partial charge in [0.25, 0.3) is 5.91 Å². The lowest BCUT2D eigenvalue weighted by Crippen LogP contribution is -2.50. The fourth-order valence-corrected chi connectivity index (χ4v) is 2.34. The van der Waals surface area contributed by atoms with Gasteiger partial charge in [0.2, 0.25) is 0 Å². The van der Waals surface area contributed by atoms with Gasteiger partial charge in [-0.3, -0.25) is 4.79 Å². The van der Waals surface area contributed by atoms with E-state index in [0.29, 0.717) is 25.2 Å². The number of carbonyl (C=O) groups is 1. The first kappa shape index (κ1) is 15.5. The van der Waals surface area contributed by atoms with Gasteiger partial charge in [-0.15, -0.1) is 0 Å². The molecular weight excluding hydrogens is 268 g/mol. The van der Waals surface area contributed by atoms with Crippen molar-refractivity contribution < 1.29 is 14.6 Å². The van der Waals surface area contributed by atoms with Crippen molar-refractivity contribution in [1.29, 1.82) is 0 Å². The molecule has 21 heavy (non-hydrogen) atoms. The molecular formula is C16H20N2O3. The lowest BCUT2D eigenvalue weighted by Gasteiger charge is -2.36. The first-order valence-corrected chi connectivity index (χ1v) is 6.98. The zero-order valence-corrected chi connectivity index (χ0v) is 12.1. The first-order chi connectivity index (χ1) is 10.1. The molecule has 5 nitrogen and oxygen atoms in total. The maximum atomic E-state index is 12.5. The van der Waals surface area contributed by atoms with Gasteiger partial charge in [0.05, 0.1) is 25.4 Å². The number of aliphatic hydroxyl groups excluding tert-OH is 1. The van der Waals surface area contributed by atoms with E-state index in [1.54, 1.807) is 17.0 Å². The molecule has 1 aliphatic heterocycles. The molecule has 0 aliphatic carbocycles. The number of amides is 1. The molecule has 1 saturated heterocycles. The highest BCUT2D eigenvalue weighted by atomic mass is 16.5. The van der Waals surface area contributed by atoms with Gasteiger partial charge in [0.1, 0.15) is 0 Å². The Labute approximate surface area is 124 Å². The van der Waals surface area contributed by atoms with Crippen molar-refractivity contribution in [2.24, 2.45) is 5.73 Å². The van der Waals surface area contributed by atoms with Crippen LogP contribution in [-0.2, 0) is 4.74 Å². The number of rotatable bonds is 2. The van der Waals surface area contributed by atoms with Gasteiger partial charge in [-0.25, -0.2) is 0 Å². The highest BCUT2D eigenvalue weighted by Crippen LogP contribution is 2.15. The Morgan fingerprint density at radius 2 is 2.14 bits per heavy atom. The highest BCUT2D eigenvalue weighted by Gasteiger charge is 2.28. The minimum Gasteiger partial charge on any atom is -0.394 e. The summed E-state index contributed by atoms with van der Waals surface area (Å²) < 4.78 is 5.54. The van der Waals surface area contributed by atoms with Gasteiger partial charge in [0.15, 0.2) is 0 Å². The summed E-state index contributed by atoms with van der Waals surface area (Å²) in [5.74, 6) is 5.64. The number of morpholine rings is 1. The third kappa shape index (κ3) is 4.05. The van der Waals surface area contributed by atoms with Gasteiger partial charge in [-0.1, -0.05) is 11.8 Å². The summed E-state index contributed by atoms with van der Waals surface area (Å²) in [6, 6.07) is 7.14. The average molecular weight is 288 g/mol. The fraction of sp³-hybridized carbons (Fsp3) is 0.438. The molecule has 3 N–H and O–H groups in total. The minimum absolute atomic E-state index is 0.0538. The van der Waals surface area contributed by atoms with Crippen LogP contribution in [0.15, 0.2) is 24.3 Å². The molecule has 2 rings (SSSR count). The number of benzene rings is 1. The Bertz CT molecular complexity index is 545. The number of hydrogen-bond donors (Lipinski definition) is 2. The van der Waals surface area contributed by atoms with Crippen molar-refractivity contribution in [2.45, 2.75) is 19.1 Å². The van der Waals surface area contributed by atoms with Crippen molar-refractivity contribution >= 4 is 5.91 Å². The first-order valence-electron chi connectivity index (χ1n) is 6.98.